The molecule has 0 aliphatic heterocycles. The van der Waals surface area contributed by atoms with Crippen molar-refractivity contribution >= 4 is 0 Å². The average molecular weight is 641 g/mol. The number of quaternary nitrogens is 1. The fourth-order valence-corrected chi connectivity index (χ4v) is 6.43. The predicted molar refractivity (Wildman–Crippen MR) is 198 cm³/mol. The summed E-state index contributed by atoms with van der Waals surface area (Å²) in [6.07, 6.45) is 43.8. The van der Waals surface area contributed by atoms with Crippen molar-refractivity contribution < 1.29 is 19.3 Å². The second kappa shape index (κ2) is 33.7. The standard InChI is InChI=1S/C41H86NO3/c1-6-9-11-13-15-17-19-21-23-25-27-29-31-33-35-37-39-44-41(4,42(5,43)8-3)45-40-38-36-34-32-30-28-26-24-22-20-18-16-14-12-10-7-2/h43H,6-40H2,1-5H3/q+1. The first kappa shape index (κ1) is 44.8. The van der Waals surface area contributed by atoms with E-state index in [0.29, 0.717) is 19.8 Å². The molecule has 1 atom stereocenters. The Kier molecular flexibility index (Phi) is 33.6. The van der Waals surface area contributed by atoms with Gasteiger partial charge in [0.15, 0.2) is 0 Å². The first-order chi connectivity index (χ1) is 21.9. The van der Waals surface area contributed by atoms with Crippen LogP contribution >= 0.6 is 0 Å². The minimum absolute atomic E-state index is 0.245. The van der Waals surface area contributed by atoms with Crippen molar-refractivity contribution in [2.24, 2.45) is 0 Å². The van der Waals surface area contributed by atoms with Crippen LogP contribution < -0.4 is 0 Å². The Morgan fingerprint density at radius 2 is 0.578 bits per heavy atom. The van der Waals surface area contributed by atoms with Crippen LogP contribution in [0.5, 0.6) is 0 Å². The van der Waals surface area contributed by atoms with Gasteiger partial charge in [-0.2, -0.15) is 0 Å². The summed E-state index contributed by atoms with van der Waals surface area (Å²) in [6, 6.07) is 0. The summed E-state index contributed by atoms with van der Waals surface area (Å²) in [7, 11) is 1.81. The zero-order chi connectivity index (χ0) is 33.2. The third kappa shape index (κ3) is 28.6. The van der Waals surface area contributed by atoms with Crippen LogP contribution in [-0.4, -0.2) is 42.6 Å². The molecular formula is C41H86NO3+. The molecule has 0 saturated carbocycles. The number of nitrogens with zero attached hydrogens (tertiary/aromatic N) is 1. The van der Waals surface area contributed by atoms with Crippen molar-refractivity contribution in [1.82, 2.24) is 0 Å². The predicted octanol–water partition coefficient (Wildman–Crippen LogP) is 14.1. The highest BCUT2D eigenvalue weighted by molar-refractivity contribution is 4.54. The van der Waals surface area contributed by atoms with Crippen LogP contribution in [0, 0.1) is 0 Å². The van der Waals surface area contributed by atoms with E-state index >= 15 is 0 Å². The molecule has 0 saturated heterocycles. The van der Waals surface area contributed by atoms with Gasteiger partial charge >= 0.3 is 5.91 Å². The number of hydrogen-bond donors (Lipinski definition) is 1. The van der Waals surface area contributed by atoms with Crippen molar-refractivity contribution in [3.05, 3.63) is 0 Å². The fraction of sp³-hybridized carbons (Fsp3) is 1.00. The molecule has 0 fully saturated rings. The molecule has 1 N–H and O–H groups in total. The second-order valence-electron chi connectivity index (χ2n) is 14.7. The molecule has 272 valence electrons. The van der Waals surface area contributed by atoms with Crippen molar-refractivity contribution in [3.63, 3.8) is 0 Å². The number of ether oxygens (including phenoxy) is 2. The van der Waals surface area contributed by atoms with Crippen LogP contribution in [0.1, 0.15) is 233 Å². The number of hydrogen-bond acceptors (Lipinski definition) is 3. The lowest BCUT2D eigenvalue weighted by atomic mass is 10.0. The summed E-state index contributed by atoms with van der Waals surface area (Å²) in [5.74, 6) is -0.986. The van der Waals surface area contributed by atoms with E-state index in [1.54, 1.807) is 7.05 Å². The van der Waals surface area contributed by atoms with E-state index in [2.05, 4.69) is 13.8 Å². The lowest BCUT2D eigenvalue weighted by molar-refractivity contribution is -1.16. The molecule has 4 heteroatoms. The molecule has 0 radical (unpaired) electrons. The minimum Gasteiger partial charge on any atom is -0.301 e. The molecular weight excluding hydrogens is 554 g/mol. The Hall–Kier alpha value is -0.160. The van der Waals surface area contributed by atoms with E-state index in [1.165, 1.54) is 193 Å². The van der Waals surface area contributed by atoms with Gasteiger partial charge in [-0.3, -0.25) is 0 Å². The van der Waals surface area contributed by atoms with E-state index in [4.69, 9.17) is 9.47 Å². The largest absolute Gasteiger partial charge is 0.346 e. The van der Waals surface area contributed by atoms with Gasteiger partial charge in [0.2, 0.25) is 0 Å². The summed E-state index contributed by atoms with van der Waals surface area (Å²) >= 11 is 0. The third-order valence-electron chi connectivity index (χ3n) is 10.2. The van der Waals surface area contributed by atoms with Gasteiger partial charge in [0.1, 0.15) is 13.6 Å². The van der Waals surface area contributed by atoms with E-state index < -0.39 is 5.91 Å². The Morgan fingerprint density at radius 3 is 0.778 bits per heavy atom. The van der Waals surface area contributed by atoms with Gasteiger partial charge in [0.25, 0.3) is 0 Å². The van der Waals surface area contributed by atoms with Crippen LogP contribution in [0.15, 0.2) is 0 Å². The fourth-order valence-electron chi connectivity index (χ4n) is 6.43. The number of rotatable bonds is 38. The highest BCUT2D eigenvalue weighted by Gasteiger charge is 2.46. The summed E-state index contributed by atoms with van der Waals surface area (Å²) in [4.78, 5) is 0. The molecule has 0 spiro atoms. The summed E-state index contributed by atoms with van der Waals surface area (Å²) in [5.41, 5.74) is 0. The van der Waals surface area contributed by atoms with E-state index in [0.717, 1.165) is 12.8 Å². The summed E-state index contributed by atoms with van der Waals surface area (Å²) < 4.78 is 12.2. The Bertz CT molecular complexity index is 529. The maximum atomic E-state index is 11.0. The number of unbranched alkanes of at least 4 members (excludes halogenated alkanes) is 30. The average Bonchev–Trinajstić information content (AvgIpc) is 3.03. The molecule has 0 aromatic carbocycles. The molecule has 4 nitrogen and oxygen atoms in total. The first-order valence-corrected chi connectivity index (χ1v) is 20.8. The van der Waals surface area contributed by atoms with Crippen molar-refractivity contribution in [3.8, 4) is 0 Å². The van der Waals surface area contributed by atoms with Crippen LogP contribution in [0.4, 0.5) is 0 Å². The van der Waals surface area contributed by atoms with Gasteiger partial charge in [-0.25, -0.2) is 5.21 Å². The van der Waals surface area contributed by atoms with Crippen LogP contribution in [0.2, 0.25) is 0 Å². The molecule has 45 heavy (non-hydrogen) atoms. The summed E-state index contributed by atoms with van der Waals surface area (Å²) in [6.45, 7) is 10.4. The van der Waals surface area contributed by atoms with Crippen LogP contribution in [0.25, 0.3) is 0 Å². The molecule has 0 bridgehead atoms. The Morgan fingerprint density at radius 1 is 0.378 bits per heavy atom. The highest BCUT2D eigenvalue weighted by atomic mass is 16.8. The molecule has 0 heterocycles. The lowest BCUT2D eigenvalue weighted by Gasteiger charge is -2.40. The van der Waals surface area contributed by atoms with Crippen LogP contribution in [-0.2, 0) is 9.47 Å². The van der Waals surface area contributed by atoms with Crippen LogP contribution in [0.3, 0.4) is 0 Å². The lowest BCUT2D eigenvalue weighted by Crippen LogP contribution is -2.61. The zero-order valence-corrected chi connectivity index (χ0v) is 32.0. The zero-order valence-electron chi connectivity index (χ0n) is 32.0. The van der Waals surface area contributed by atoms with Gasteiger partial charge in [-0.15, -0.1) is 4.65 Å². The van der Waals surface area contributed by atoms with Gasteiger partial charge < -0.3 is 9.47 Å². The maximum Gasteiger partial charge on any atom is 0.346 e. The molecule has 1 unspecified atom stereocenters. The first-order valence-electron chi connectivity index (χ1n) is 20.8. The van der Waals surface area contributed by atoms with E-state index in [9.17, 15) is 5.21 Å². The molecule has 0 aromatic rings. The van der Waals surface area contributed by atoms with Crippen molar-refractivity contribution in [2.45, 2.75) is 239 Å². The van der Waals surface area contributed by atoms with E-state index in [-0.39, 0.29) is 4.65 Å². The second-order valence-corrected chi connectivity index (χ2v) is 14.7. The normalized spacial score (nSPS) is 13.5. The van der Waals surface area contributed by atoms with Crippen molar-refractivity contribution in [1.29, 1.82) is 0 Å². The SMILES string of the molecule is CCCCCCCCCCCCCCCCCCOC(C)(OCCCCCCCCCCCCCCCCCC)[N+](C)(O)CC. The minimum atomic E-state index is -0.986. The summed E-state index contributed by atoms with van der Waals surface area (Å²) in [5, 5.41) is 11.0. The van der Waals surface area contributed by atoms with Gasteiger partial charge in [0.05, 0.1) is 20.1 Å². The Balaban J connectivity index is 3.72. The van der Waals surface area contributed by atoms with Crippen molar-refractivity contribution in [2.75, 3.05) is 26.8 Å². The van der Waals surface area contributed by atoms with Gasteiger partial charge in [-0.05, 0) is 19.8 Å². The maximum absolute atomic E-state index is 11.0. The molecule has 0 rings (SSSR count). The Labute approximate surface area is 284 Å². The molecule has 0 amide bonds. The highest BCUT2D eigenvalue weighted by Crippen LogP contribution is 2.25. The molecule has 0 aliphatic rings. The van der Waals surface area contributed by atoms with Gasteiger partial charge in [0, 0.05) is 0 Å². The smallest absolute Gasteiger partial charge is 0.301 e. The molecule has 0 aliphatic carbocycles. The molecule has 0 aromatic heterocycles. The monoisotopic (exact) mass is 641 g/mol. The van der Waals surface area contributed by atoms with E-state index in [1.807, 2.05) is 13.8 Å². The quantitative estimate of drug-likeness (QED) is 0.0316. The number of hydroxylamine groups is 3. The third-order valence-corrected chi connectivity index (χ3v) is 10.2. The topological polar surface area (TPSA) is 38.7 Å². The van der Waals surface area contributed by atoms with Gasteiger partial charge in [-0.1, -0.05) is 206 Å².